The standard InChI is InChI=1S/C21H24N2O3/c1-14-6-5-9-19(15(14)2)26-13-12-20(24)23-18-8-4-3-7-17(18)21(25)22-16-10-11-16/h3-9,16H,10-13H2,1-2H3,(H,22,25)(H,23,24). The van der Waals surface area contributed by atoms with Crippen LogP contribution in [0.15, 0.2) is 42.5 Å². The summed E-state index contributed by atoms with van der Waals surface area (Å²) in [5.74, 6) is 0.471. The molecule has 0 spiro atoms. The lowest BCUT2D eigenvalue weighted by atomic mass is 10.1. The minimum absolute atomic E-state index is 0.143. The van der Waals surface area contributed by atoms with E-state index in [1.54, 1.807) is 24.3 Å². The second kappa shape index (κ2) is 8.04. The van der Waals surface area contributed by atoms with Crippen LogP contribution in [0, 0.1) is 13.8 Å². The SMILES string of the molecule is Cc1cccc(OCCC(=O)Nc2ccccc2C(=O)NC2CC2)c1C. The number of nitrogens with one attached hydrogen (secondary N) is 2. The number of anilines is 1. The van der Waals surface area contributed by atoms with Crippen molar-refractivity contribution in [1.29, 1.82) is 0 Å². The molecule has 0 bridgehead atoms. The Kier molecular flexibility index (Phi) is 5.56. The van der Waals surface area contributed by atoms with E-state index in [9.17, 15) is 9.59 Å². The highest BCUT2D eigenvalue weighted by Gasteiger charge is 2.25. The van der Waals surface area contributed by atoms with Crippen LogP contribution in [-0.2, 0) is 4.79 Å². The van der Waals surface area contributed by atoms with Gasteiger partial charge in [-0.3, -0.25) is 9.59 Å². The fraction of sp³-hybridized carbons (Fsp3) is 0.333. The monoisotopic (exact) mass is 352 g/mol. The van der Waals surface area contributed by atoms with Crippen molar-refractivity contribution in [2.75, 3.05) is 11.9 Å². The van der Waals surface area contributed by atoms with E-state index in [0.29, 0.717) is 11.3 Å². The quantitative estimate of drug-likeness (QED) is 0.800. The maximum absolute atomic E-state index is 12.3. The molecule has 5 nitrogen and oxygen atoms in total. The molecule has 2 aromatic carbocycles. The van der Waals surface area contributed by atoms with Gasteiger partial charge in [0, 0.05) is 6.04 Å². The van der Waals surface area contributed by atoms with Crippen molar-refractivity contribution in [2.45, 2.75) is 39.2 Å². The third-order valence-electron chi connectivity index (χ3n) is 4.50. The van der Waals surface area contributed by atoms with Crippen molar-refractivity contribution in [2.24, 2.45) is 0 Å². The minimum atomic E-state index is -0.179. The Hall–Kier alpha value is -2.82. The van der Waals surface area contributed by atoms with Gasteiger partial charge >= 0.3 is 0 Å². The van der Waals surface area contributed by atoms with Crippen LogP contribution in [0.5, 0.6) is 5.75 Å². The summed E-state index contributed by atoms with van der Waals surface area (Å²) in [6.07, 6.45) is 2.26. The zero-order valence-corrected chi connectivity index (χ0v) is 15.2. The third-order valence-corrected chi connectivity index (χ3v) is 4.50. The molecule has 0 radical (unpaired) electrons. The van der Waals surface area contributed by atoms with Crippen LogP contribution < -0.4 is 15.4 Å². The van der Waals surface area contributed by atoms with Gasteiger partial charge < -0.3 is 15.4 Å². The van der Waals surface area contributed by atoms with Crippen LogP contribution in [0.4, 0.5) is 5.69 Å². The summed E-state index contributed by atoms with van der Waals surface area (Å²) in [4.78, 5) is 24.5. The molecule has 26 heavy (non-hydrogen) atoms. The lowest BCUT2D eigenvalue weighted by Crippen LogP contribution is -2.27. The highest BCUT2D eigenvalue weighted by molar-refractivity contribution is 6.03. The van der Waals surface area contributed by atoms with Crippen molar-refractivity contribution >= 4 is 17.5 Å². The maximum atomic E-state index is 12.3. The summed E-state index contributed by atoms with van der Waals surface area (Å²) < 4.78 is 5.72. The summed E-state index contributed by atoms with van der Waals surface area (Å²) in [7, 11) is 0. The normalized spacial score (nSPS) is 13.2. The van der Waals surface area contributed by atoms with E-state index < -0.39 is 0 Å². The molecule has 0 heterocycles. The van der Waals surface area contributed by atoms with Gasteiger partial charge in [-0.2, -0.15) is 0 Å². The largest absolute Gasteiger partial charge is 0.493 e. The number of hydrogen-bond acceptors (Lipinski definition) is 3. The van der Waals surface area contributed by atoms with Crippen LogP contribution in [0.2, 0.25) is 0 Å². The van der Waals surface area contributed by atoms with Crippen LogP contribution in [0.25, 0.3) is 0 Å². The van der Waals surface area contributed by atoms with Crippen molar-refractivity contribution in [3.63, 3.8) is 0 Å². The third kappa shape index (κ3) is 4.63. The number of para-hydroxylation sites is 1. The molecule has 0 atom stereocenters. The Morgan fingerprint density at radius 1 is 1.08 bits per heavy atom. The number of hydrogen-bond donors (Lipinski definition) is 2. The Balaban J connectivity index is 1.55. The van der Waals surface area contributed by atoms with Gasteiger partial charge in [-0.1, -0.05) is 24.3 Å². The fourth-order valence-electron chi connectivity index (χ4n) is 2.63. The van der Waals surface area contributed by atoms with Crippen molar-refractivity contribution in [3.05, 3.63) is 59.2 Å². The summed E-state index contributed by atoms with van der Waals surface area (Å²) >= 11 is 0. The van der Waals surface area contributed by atoms with Crippen molar-refractivity contribution in [1.82, 2.24) is 5.32 Å². The van der Waals surface area contributed by atoms with Gasteiger partial charge in [0.05, 0.1) is 24.3 Å². The van der Waals surface area contributed by atoms with Crippen LogP contribution >= 0.6 is 0 Å². The predicted octanol–water partition coefficient (Wildman–Crippen LogP) is 3.60. The van der Waals surface area contributed by atoms with Crippen LogP contribution in [-0.4, -0.2) is 24.5 Å². The molecule has 0 aliphatic heterocycles. The van der Waals surface area contributed by atoms with E-state index in [4.69, 9.17) is 4.74 Å². The van der Waals surface area contributed by atoms with E-state index in [-0.39, 0.29) is 30.9 Å². The summed E-state index contributed by atoms with van der Waals surface area (Å²) in [6, 6.07) is 13.2. The predicted molar refractivity (Wildman–Crippen MR) is 102 cm³/mol. The molecule has 1 saturated carbocycles. The molecule has 2 N–H and O–H groups in total. The molecule has 1 fully saturated rings. The first kappa shape index (κ1) is 18.0. The molecule has 5 heteroatoms. The van der Waals surface area contributed by atoms with Crippen molar-refractivity contribution in [3.8, 4) is 5.75 Å². The fourth-order valence-corrected chi connectivity index (χ4v) is 2.63. The number of amides is 2. The van der Waals surface area contributed by atoms with E-state index in [0.717, 1.165) is 29.7 Å². The van der Waals surface area contributed by atoms with E-state index >= 15 is 0 Å². The molecule has 2 aromatic rings. The van der Waals surface area contributed by atoms with Gasteiger partial charge in [0.15, 0.2) is 0 Å². The van der Waals surface area contributed by atoms with Crippen LogP contribution in [0.1, 0.15) is 40.7 Å². The first-order valence-electron chi connectivity index (χ1n) is 8.93. The number of carbonyl (C=O) groups excluding carboxylic acids is 2. The van der Waals surface area contributed by atoms with Crippen molar-refractivity contribution < 1.29 is 14.3 Å². The van der Waals surface area contributed by atoms with E-state index in [2.05, 4.69) is 10.6 Å². The Bertz CT molecular complexity index is 813. The smallest absolute Gasteiger partial charge is 0.253 e. The zero-order valence-electron chi connectivity index (χ0n) is 15.2. The summed E-state index contributed by atoms with van der Waals surface area (Å²) in [5, 5.41) is 5.76. The van der Waals surface area contributed by atoms with E-state index in [1.165, 1.54) is 0 Å². The molecule has 2 amide bonds. The molecular weight excluding hydrogens is 328 g/mol. The highest BCUT2D eigenvalue weighted by atomic mass is 16.5. The molecule has 1 aliphatic rings. The Morgan fingerprint density at radius 3 is 2.62 bits per heavy atom. The maximum Gasteiger partial charge on any atom is 0.253 e. The second-order valence-electron chi connectivity index (χ2n) is 6.64. The van der Waals surface area contributed by atoms with Gasteiger partial charge in [-0.05, 0) is 56.0 Å². The number of rotatable bonds is 7. The second-order valence-corrected chi connectivity index (χ2v) is 6.64. The lowest BCUT2D eigenvalue weighted by molar-refractivity contribution is -0.116. The number of aryl methyl sites for hydroxylation is 1. The average Bonchev–Trinajstić information content (AvgIpc) is 3.43. The topological polar surface area (TPSA) is 67.4 Å². The first-order valence-corrected chi connectivity index (χ1v) is 8.93. The number of benzene rings is 2. The van der Waals surface area contributed by atoms with Gasteiger partial charge in [0.25, 0.3) is 5.91 Å². The van der Waals surface area contributed by atoms with Crippen LogP contribution in [0.3, 0.4) is 0 Å². The molecule has 0 unspecified atom stereocenters. The molecule has 3 rings (SSSR count). The minimum Gasteiger partial charge on any atom is -0.493 e. The molecule has 0 aromatic heterocycles. The zero-order chi connectivity index (χ0) is 18.5. The van der Waals surface area contributed by atoms with Gasteiger partial charge in [-0.15, -0.1) is 0 Å². The number of ether oxygens (including phenoxy) is 1. The molecule has 136 valence electrons. The molecule has 1 aliphatic carbocycles. The summed E-state index contributed by atoms with van der Waals surface area (Å²) in [6.45, 7) is 4.31. The Labute approximate surface area is 153 Å². The van der Waals surface area contributed by atoms with Gasteiger partial charge in [0.2, 0.25) is 5.91 Å². The number of carbonyl (C=O) groups is 2. The van der Waals surface area contributed by atoms with Gasteiger partial charge in [-0.25, -0.2) is 0 Å². The summed E-state index contributed by atoms with van der Waals surface area (Å²) in [5.41, 5.74) is 3.25. The highest BCUT2D eigenvalue weighted by Crippen LogP contribution is 2.22. The van der Waals surface area contributed by atoms with Gasteiger partial charge in [0.1, 0.15) is 5.75 Å². The van der Waals surface area contributed by atoms with E-state index in [1.807, 2.05) is 32.0 Å². The molecule has 0 saturated heterocycles. The Morgan fingerprint density at radius 2 is 1.85 bits per heavy atom. The lowest BCUT2D eigenvalue weighted by Gasteiger charge is -2.12. The first-order chi connectivity index (χ1) is 12.5. The average molecular weight is 352 g/mol. The molecular formula is C21H24N2O3.